The van der Waals surface area contributed by atoms with E-state index in [9.17, 15) is 5.11 Å². The Morgan fingerprint density at radius 3 is 2.12 bits per heavy atom. The molecule has 0 aliphatic heterocycles. The maximum atomic E-state index is 9.25. The summed E-state index contributed by atoms with van der Waals surface area (Å²) in [5, 5.41) is 9.25. The van der Waals surface area contributed by atoms with Gasteiger partial charge in [-0.1, -0.05) is 26.0 Å². The summed E-state index contributed by atoms with van der Waals surface area (Å²) in [6.07, 6.45) is 3.44. The van der Waals surface area contributed by atoms with Crippen molar-refractivity contribution in [3.8, 4) is 5.75 Å². The Labute approximate surface area is 105 Å². The van der Waals surface area contributed by atoms with Gasteiger partial charge in [0.05, 0.1) is 0 Å². The Morgan fingerprint density at radius 2 is 1.65 bits per heavy atom. The second-order valence-electron chi connectivity index (χ2n) is 4.86. The molecule has 1 aromatic rings. The monoisotopic (exact) mass is 235 g/mol. The maximum absolute atomic E-state index is 9.25. The maximum Gasteiger partial charge on any atom is 0.115 e. The summed E-state index contributed by atoms with van der Waals surface area (Å²) in [4.78, 5) is 2.47. The molecule has 0 saturated carbocycles. The molecule has 2 nitrogen and oxygen atoms in total. The quantitative estimate of drug-likeness (QED) is 0.816. The van der Waals surface area contributed by atoms with Crippen molar-refractivity contribution in [1.29, 1.82) is 0 Å². The molecule has 0 saturated heterocycles. The van der Waals surface area contributed by atoms with E-state index in [-0.39, 0.29) is 0 Å². The zero-order valence-electron chi connectivity index (χ0n) is 11.5. The second kappa shape index (κ2) is 6.65. The molecule has 1 rings (SSSR count). The molecule has 0 amide bonds. The van der Waals surface area contributed by atoms with Crippen molar-refractivity contribution in [3.63, 3.8) is 0 Å². The fourth-order valence-corrected chi connectivity index (χ4v) is 2.34. The fourth-order valence-electron chi connectivity index (χ4n) is 2.34. The Balaban J connectivity index is 2.58. The summed E-state index contributed by atoms with van der Waals surface area (Å²) in [6.45, 7) is 6.76. The van der Waals surface area contributed by atoms with Crippen LogP contribution in [0.15, 0.2) is 24.3 Å². The molecule has 0 aromatic heterocycles. The van der Waals surface area contributed by atoms with Crippen LogP contribution in [0.5, 0.6) is 5.75 Å². The van der Waals surface area contributed by atoms with Gasteiger partial charge in [-0.05, 0) is 50.9 Å². The molecule has 0 aliphatic carbocycles. The summed E-state index contributed by atoms with van der Waals surface area (Å²) < 4.78 is 0. The largest absolute Gasteiger partial charge is 0.508 e. The number of aromatic hydroxyl groups is 1. The molecule has 96 valence electrons. The highest BCUT2D eigenvalue weighted by atomic mass is 16.3. The van der Waals surface area contributed by atoms with E-state index in [1.54, 1.807) is 12.1 Å². The van der Waals surface area contributed by atoms with Crippen LogP contribution in [0.3, 0.4) is 0 Å². The van der Waals surface area contributed by atoms with Crippen molar-refractivity contribution < 1.29 is 5.11 Å². The van der Waals surface area contributed by atoms with E-state index < -0.39 is 0 Å². The lowest BCUT2D eigenvalue weighted by Gasteiger charge is -2.32. The summed E-state index contributed by atoms with van der Waals surface area (Å²) in [6, 6.07) is 8.74. The SMILES string of the molecule is CCC(CC)N(C)C(C)Cc1ccc(O)cc1. The lowest BCUT2D eigenvalue weighted by atomic mass is 10.0. The summed E-state index contributed by atoms with van der Waals surface area (Å²) in [7, 11) is 2.21. The number of nitrogens with zero attached hydrogens (tertiary/aromatic N) is 1. The number of likely N-dealkylation sites (N-methyl/N-ethyl adjacent to an activating group) is 1. The lowest BCUT2D eigenvalue weighted by Crippen LogP contribution is -2.39. The molecule has 1 aromatic carbocycles. The molecular weight excluding hydrogens is 210 g/mol. The van der Waals surface area contributed by atoms with Crippen molar-refractivity contribution in [2.24, 2.45) is 0 Å². The van der Waals surface area contributed by atoms with Gasteiger partial charge in [-0.25, -0.2) is 0 Å². The van der Waals surface area contributed by atoms with Gasteiger partial charge in [-0.2, -0.15) is 0 Å². The highest BCUT2D eigenvalue weighted by Gasteiger charge is 2.16. The van der Waals surface area contributed by atoms with Crippen molar-refractivity contribution in [3.05, 3.63) is 29.8 Å². The normalized spacial score (nSPS) is 13.3. The Hall–Kier alpha value is -1.02. The Morgan fingerprint density at radius 1 is 1.12 bits per heavy atom. The van der Waals surface area contributed by atoms with Crippen LogP contribution in [-0.2, 0) is 6.42 Å². The summed E-state index contributed by atoms with van der Waals surface area (Å²) in [5.74, 6) is 0.342. The molecule has 0 spiro atoms. The van der Waals surface area contributed by atoms with E-state index in [1.807, 2.05) is 12.1 Å². The smallest absolute Gasteiger partial charge is 0.115 e. The van der Waals surface area contributed by atoms with Crippen molar-refractivity contribution in [1.82, 2.24) is 4.90 Å². The number of phenolic OH excluding ortho intramolecular Hbond substituents is 1. The van der Waals surface area contributed by atoms with E-state index in [2.05, 4.69) is 32.7 Å². The molecule has 0 bridgehead atoms. The molecular formula is C15H25NO. The van der Waals surface area contributed by atoms with Crippen LogP contribution in [0.4, 0.5) is 0 Å². The topological polar surface area (TPSA) is 23.5 Å². The predicted octanol–water partition coefficient (Wildman–Crippen LogP) is 3.44. The fraction of sp³-hybridized carbons (Fsp3) is 0.600. The van der Waals surface area contributed by atoms with Gasteiger partial charge in [0, 0.05) is 12.1 Å². The zero-order valence-corrected chi connectivity index (χ0v) is 11.5. The standard InChI is InChI=1S/C15H25NO/c1-5-14(6-2)16(4)12(3)11-13-7-9-15(17)10-8-13/h7-10,12,14,17H,5-6,11H2,1-4H3. The zero-order chi connectivity index (χ0) is 12.8. The van der Waals surface area contributed by atoms with Crippen LogP contribution in [-0.4, -0.2) is 29.1 Å². The second-order valence-corrected chi connectivity index (χ2v) is 4.86. The minimum atomic E-state index is 0.342. The number of benzene rings is 1. The first-order chi connectivity index (χ1) is 8.08. The van der Waals surface area contributed by atoms with Crippen molar-refractivity contribution >= 4 is 0 Å². The third-order valence-corrected chi connectivity index (χ3v) is 3.68. The minimum absolute atomic E-state index is 0.342. The van der Waals surface area contributed by atoms with Crippen LogP contribution in [0, 0.1) is 0 Å². The molecule has 2 heteroatoms. The van der Waals surface area contributed by atoms with Crippen molar-refractivity contribution in [2.75, 3.05) is 7.05 Å². The number of hydrogen-bond acceptors (Lipinski definition) is 2. The average molecular weight is 235 g/mol. The first kappa shape index (κ1) is 14.0. The predicted molar refractivity (Wildman–Crippen MR) is 73.4 cm³/mol. The molecule has 0 radical (unpaired) electrons. The first-order valence-electron chi connectivity index (χ1n) is 6.58. The van der Waals surface area contributed by atoms with E-state index in [0.717, 1.165) is 6.42 Å². The van der Waals surface area contributed by atoms with Crippen LogP contribution < -0.4 is 0 Å². The average Bonchev–Trinajstić information content (AvgIpc) is 2.33. The molecule has 1 N–H and O–H groups in total. The third kappa shape index (κ3) is 4.04. The molecule has 0 fully saturated rings. The van der Waals surface area contributed by atoms with Crippen molar-refractivity contribution in [2.45, 2.75) is 52.1 Å². The van der Waals surface area contributed by atoms with E-state index in [4.69, 9.17) is 0 Å². The number of rotatable bonds is 6. The molecule has 1 unspecified atom stereocenters. The first-order valence-corrected chi connectivity index (χ1v) is 6.58. The highest BCUT2D eigenvalue weighted by molar-refractivity contribution is 5.26. The lowest BCUT2D eigenvalue weighted by molar-refractivity contribution is 0.173. The van der Waals surface area contributed by atoms with Gasteiger partial charge in [0.1, 0.15) is 5.75 Å². The van der Waals surface area contributed by atoms with Gasteiger partial charge in [-0.3, -0.25) is 0 Å². The molecule has 0 aliphatic rings. The van der Waals surface area contributed by atoms with Gasteiger partial charge >= 0.3 is 0 Å². The third-order valence-electron chi connectivity index (χ3n) is 3.68. The van der Waals surface area contributed by atoms with Crippen LogP contribution in [0.2, 0.25) is 0 Å². The Kier molecular flexibility index (Phi) is 5.49. The number of hydrogen-bond donors (Lipinski definition) is 1. The summed E-state index contributed by atoms with van der Waals surface area (Å²) in [5.41, 5.74) is 1.29. The number of phenols is 1. The van der Waals surface area contributed by atoms with Gasteiger partial charge in [0.25, 0.3) is 0 Å². The minimum Gasteiger partial charge on any atom is -0.508 e. The van der Waals surface area contributed by atoms with Gasteiger partial charge in [0.2, 0.25) is 0 Å². The van der Waals surface area contributed by atoms with E-state index in [0.29, 0.717) is 17.8 Å². The van der Waals surface area contributed by atoms with Gasteiger partial charge in [0.15, 0.2) is 0 Å². The Bertz CT molecular complexity index is 316. The van der Waals surface area contributed by atoms with E-state index in [1.165, 1.54) is 18.4 Å². The van der Waals surface area contributed by atoms with E-state index >= 15 is 0 Å². The van der Waals surface area contributed by atoms with Gasteiger partial charge < -0.3 is 10.0 Å². The molecule has 0 heterocycles. The van der Waals surface area contributed by atoms with Gasteiger partial charge in [-0.15, -0.1) is 0 Å². The molecule has 17 heavy (non-hydrogen) atoms. The molecule has 1 atom stereocenters. The van der Waals surface area contributed by atoms with Crippen LogP contribution in [0.1, 0.15) is 39.2 Å². The summed E-state index contributed by atoms with van der Waals surface area (Å²) >= 11 is 0. The highest BCUT2D eigenvalue weighted by Crippen LogP contribution is 2.16. The van der Waals surface area contributed by atoms with Crippen LogP contribution in [0.25, 0.3) is 0 Å². The van der Waals surface area contributed by atoms with Crippen LogP contribution >= 0.6 is 0 Å².